The van der Waals surface area contributed by atoms with Crippen LogP contribution in [0, 0.1) is 41.4 Å². The molecule has 0 spiro atoms. The average molecular weight is 414 g/mol. The van der Waals surface area contributed by atoms with Gasteiger partial charge < -0.3 is 9.36 Å². The number of hydrogen-bond acceptors (Lipinski definition) is 6. The van der Waals surface area contributed by atoms with Gasteiger partial charge in [0.15, 0.2) is 5.82 Å². The Hall–Kier alpha value is -1.72. The van der Waals surface area contributed by atoms with E-state index in [4.69, 9.17) is 9.36 Å². The highest BCUT2D eigenvalue weighted by atomic mass is 16.6. The highest BCUT2D eigenvalue weighted by Crippen LogP contribution is 2.65. The summed E-state index contributed by atoms with van der Waals surface area (Å²) in [5.41, 5.74) is 1.60. The molecule has 0 aromatic carbocycles. The van der Waals surface area contributed by atoms with Crippen LogP contribution in [-0.2, 0) is 16.1 Å². The van der Waals surface area contributed by atoms with Crippen LogP contribution in [-0.4, -0.2) is 28.2 Å². The standard InChI is InChI=1S/C24H35N3O3/c1-15-25-22(30-26-15)10-13-29-27-17-8-11-23(2)16(14-17)4-5-18-19-6-7-21(28)24(19,3)12-9-20(18)23/h16,18-20H,4-14H2,1-3H3/b27-17+/t16?,18?,19?,20?,23-,24-/m0/s1. The minimum Gasteiger partial charge on any atom is -0.395 e. The molecule has 4 unspecified atom stereocenters. The minimum absolute atomic E-state index is 0.0175. The molecule has 6 heteroatoms. The number of carbonyl (C=O) groups is 1. The molecule has 6 nitrogen and oxygen atoms in total. The van der Waals surface area contributed by atoms with E-state index in [0.717, 1.165) is 43.9 Å². The maximum atomic E-state index is 12.6. The average Bonchev–Trinajstić information content (AvgIpc) is 3.28. The lowest BCUT2D eigenvalue weighted by Crippen LogP contribution is -2.53. The minimum atomic E-state index is -0.0175. The number of rotatable bonds is 4. The molecule has 5 rings (SSSR count). The van der Waals surface area contributed by atoms with Crippen molar-refractivity contribution in [2.24, 2.45) is 39.7 Å². The number of aromatic nitrogens is 2. The number of nitrogens with zero attached hydrogens (tertiary/aromatic N) is 3. The third kappa shape index (κ3) is 3.21. The molecule has 4 aliphatic rings. The van der Waals surface area contributed by atoms with Gasteiger partial charge in [-0.15, -0.1) is 0 Å². The molecule has 164 valence electrons. The fourth-order valence-electron chi connectivity index (χ4n) is 7.63. The zero-order valence-electron chi connectivity index (χ0n) is 18.7. The molecule has 4 aliphatic carbocycles. The first-order valence-electron chi connectivity index (χ1n) is 11.9. The summed E-state index contributed by atoms with van der Waals surface area (Å²) in [5.74, 6) is 4.68. The van der Waals surface area contributed by atoms with E-state index >= 15 is 0 Å². The highest BCUT2D eigenvalue weighted by Gasteiger charge is 2.60. The fourth-order valence-corrected chi connectivity index (χ4v) is 7.63. The first-order chi connectivity index (χ1) is 14.4. The smallest absolute Gasteiger partial charge is 0.230 e. The lowest BCUT2D eigenvalue weighted by molar-refractivity contribution is -0.137. The maximum Gasteiger partial charge on any atom is 0.230 e. The quantitative estimate of drug-likeness (QED) is 0.518. The van der Waals surface area contributed by atoms with E-state index in [2.05, 4.69) is 29.1 Å². The Labute approximate surface area is 179 Å². The van der Waals surface area contributed by atoms with Crippen LogP contribution in [0.15, 0.2) is 9.68 Å². The van der Waals surface area contributed by atoms with Gasteiger partial charge in [-0.3, -0.25) is 4.79 Å². The molecule has 0 N–H and O–H groups in total. The first-order valence-corrected chi connectivity index (χ1v) is 11.9. The summed E-state index contributed by atoms with van der Waals surface area (Å²) in [5, 5.41) is 8.29. The second-order valence-corrected chi connectivity index (χ2v) is 10.8. The predicted molar refractivity (Wildman–Crippen MR) is 113 cm³/mol. The van der Waals surface area contributed by atoms with Crippen molar-refractivity contribution in [1.82, 2.24) is 10.1 Å². The Kier molecular flexibility index (Phi) is 5.02. The molecule has 1 aromatic rings. The molecule has 0 amide bonds. The zero-order valence-corrected chi connectivity index (χ0v) is 18.7. The zero-order chi connectivity index (χ0) is 20.9. The van der Waals surface area contributed by atoms with E-state index < -0.39 is 0 Å². The van der Waals surface area contributed by atoms with E-state index in [9.17, 15) is 4.79 Å². The van der Waals surface area contributed by atoms with Crippen molar-refractivity contribution in [3.63, 3.8) is 0 Å². The van der Waals surface area contributed by atoms with Gasteiger partial charge in [0.25, 0.3) is 0 Å². The van der Waals surface area contributed by atoms with Gasteiger partial charge in [0.2, 0.25) is 5.89 Å². The summed E-state index contributed by atoms with van der Waals surface area (Å²) in [6.45, 7) is 7.12. The van der Waals surface area contributed by atoms with E-state index in [1.54, 1.807) is 0 Å². The number of fused-ring (bicyclic) bond motifs is 5. The molecule has 1 heterocycles. The predicted octanol–water partition coefficient (Wildman–Crippen LogP) is 4.90. The number of carbonyl (C=O) groups excluding carboxylic acids is 1. The third-order valence-electron chi connectivity index (χ3n) is 9.38. The molecule has 1 aromatic heterocycles. The van der Waals surface area contributed by atoms with Crippen molar-refractivity contribution < 1.29 is 14.2 Å². The Morgan fingerprint density at radius 3 is 2.80 bits per heavy atom. The molecule has 0 radical (unpaired) electrons. The summed E-state index contributed by atoms with van der Waals surface area (Å²) in [6, 6.07) is 0. The number of Topliss-reactive ketones (excluding diaryl/α,β-unsaturated/α-hetero) is 1. The van der Waals surface area contributed by atoms with E-state index in [1.807, 2.05) is 6.92 Å². The number of ketones is 1. The molecule has 0 bridgehead atoms. The molecule has 6 atom stereocenters. The van der Waals surface area contributed by atoms with E-state index in [0.29, 0.717) is 47.8 Å². The third-order valence-corrected chi connectivity index (χ3v) is 9.38. The van der Waals surface area contributed by atoms with Crippen molar-refractivity contribution in [2.45, 2.75) is 85.0 Å². The van der Waals surface area contributed by atoms with Crippen LogP contribution in [0.25, 0.3) is 0 Å². The van der Waals surface area contributed by atoms with Gasteiger partial charge >= 0.3 is 0 Å². The normalized spacial score (nSPS) is 42.0. The lowest BCUT2D eigenvalue weighted by atomic mass is 9.45. The lowest BCUT2D eigenvalue weighted by Gasteiger charge is -2.59. The molecule has 30 heavy (non-hydrogen) atoms. The van der Waals surface area contributed by atoms with Gasteiger partial charge in [-0.1, -0.05) is 24.2 Å². The van der Waals surface area contributed by atoms with Gasteiger partial charge in [0.1, 0.15) is 12.4 Å². The summed E-state index contributed by atoms with van der Waals surface area (Å²) >= 11 is 0. The van der Waals surface area contributed by atoms with Crippen LogP contribution in [0.4, 0.5) is 0 Å². The van der Waals surface area contributed by atoms with Crippen LogP contribution < -0.4 is 0 Å². The number of hydrogen-bond donors (Lipinski definition) is 0. The van der Waals surface area contributed by atoms with Crippen molar-refractivity contribution in [2.75, 3.05) is 6.61 Å². The van der Waals surface area contributed by atoms with Crippen LogP contribution in [0.3, 0.4) is 0 Å². The Morgan fingerprint density at radius 2 is 2.00 bits per heavy atom. The maximum absolute atomic E-state index is 12.6. The van der Waals surface area contributed by atoms with Crippen molar-refractivity contribution in [1.29, 1.82) is 0 Å². The van der Waals surface area contributed by atoms with Crippen molar-refractivity contribution in [3.8, 4) is 0 Å². The summed E-state index contributed by atoms with van der Waals surface area (Å²) in [4.78, 5) is 22.4. The molecule has 0 saturated heterocycles. The van der Waals surface area contributed by atoms with Crippen molar-refractivity contribution >= 4 is 11.5 Å². The Balaban J connectivity index is 1.21. The van der Waals surface area contributed by atoms with Gasteiger partial charge in [0.05, 0.1) is 12.1 Å². The molecule has 4 fully saturated rings. The van der Waals surface area contributed by atoms with Crippen LogP contribution in [0.5, 0.6) is 0 Å². The molecule has 4 saturated carbocycles. The SMILES string of the molecule is Cc1noc(CCO/N=C2\CC[C@@]3(C)C(CCC4C3CC[C@]3(C)C(=O)CCC43)C2)n1. The molecule has 0 aliphatic heterocycles. The van der Waals surface area contributed by atoms with Gasteiger partial charge in [0, 0.05) is 11.8 Å². The van der Waals surface area contributed by atoms with E-state index in [1.165, 1.54) is 31.4 Å². The second kappa shape index (κ2) is 7.45. The Morgan fingerprint density at radius 1 is 1.13 bits per heavy atom. The number of oxime groups is 1. The summed E-state index contributed by atoms with van der Waals surface area (Å²) < 4.78 is 5.12. The second-order valence-electron chi connectivity index (χ2n) is 10.8. The summed E-state index contributed by atoms with van der Waals surface area (Å²) in [7, 11) is 0. The summed E-state index contributed by atoms with van der Waals surface area (Å²) in [6.07, 6.45) is 10.8. The van der Waals surface area contributed by atoms with Gasteiger partial charge in [-0.05, 0) is 87.4 Å². The largest absolute Gasteiger partial charge is 0.395 e. The monoisotopic (exact) mass is 413 g/mol. The van der Waals surface area contributed by atoms with Crippen molar-refractivity contribution in [3.05, 3.63) is 11.7 Å². The van der Waals surface area contributed by atoms with Gasteiger partial charge in [-0.2, -0.15) is 4.98 Å². The fraction of sp³-hybridized carbons (Fsp3) is 0.833. The van der Waals surface area contributed by atoms with E-state index in [-0.39, 0.29) is 5.41 Å². The van der Waals surface area contributed by atoms with Crippen LogP contribution in [0.1, 0.15) is 83.3 Å². The first kappa shape index (κ1) is 20.2. The number of aryl methyl sites for hydroxylation is 1. The van der Waals surface area contributed by atoms with Gasteiger partial charge in [-0.25, -0.2) is 0 Å². The Bertz CT molecular complexity index is 849. The highest BCUT2D eigenvalue weighted by molar-refractivity contribution is 5.87. The topological polar surface area (TPSA) is 77.6 Å². The molecular formula is C24H35N3O3. The van der Waals surface area contributed by atoms with Crippen LogP contribution >= 0.6 is 0 Å². The van der Waals surface area contributed by atoms with Crippen LogP contribution in [0.2, 0.25) is 0 Å². The molecular weight excluding hydrogens is 378 g/mol.